The number of anilines is 2. The average Bonchev–Trinajstić information content (AvgIpc) is 2.88. The van der Waals surface area contributed by atoms with E-state index in [1.165, 1.54) is 24.6 Å². The molecule has 0 unspecified atom stereocenters. The Morgan fingerprint density at radius 3 is 2.95 bits per heavy atom. The second-order valence-electron chi connectivity index (χ2n) is 4.73. The van der Waals surface area contributed by atoms with Crippen molar-refractivity contribution in [3.63, 3.8) is 0 Å². The van der Waals surface area contributed by atoms with Crippen LogP contribution in [0, 0.1) is 6.92 Å². The van der Waals surface area contributed by atoms with Gasteiger partial charge >= 0.3 is 0 Å². The first kappa shape index (κ1) is 14.3. The standard InChI is InChI=1S/C15H14N4O2S/c1-8-5-10(7-11-13(8)19-15(16)22-11)18-14(20)9-3-4-17-12(6-9)21-2/h3-7H,1-2H3,(H2,16,19)(H,18,20). The van der Waals surface area contributed by atoms with Crippen molar-refractivity contribution >= 4 is 38.3 Å². The Morgan fingerprint density at radius 2 is 2.18 bits per heavy atom. The van der Waals surface area contributed by atoms with E-state index in [-0.39, 0.29) is 5.91 Å². The lowest BCUT2D eigenvalue weighted by Gasteiger charge is -2.07. The third-order valence-corrected chi connectivity index (χ3v) is 4.00. The minimum Gasteiger partial charge on any atom is -0.481 e. The van der Waals surface area contributed by atoms with Gasteiger partial charge in [0, 0.05) is 23.5 Å². The molecule has 3 rings (SSSR count). The SMILES string of the molecule is COc1cc(C(=O)Nc2cc(C)c3nc(N)sc3c2)ccn1. The third kappa shape index (κ3) is 2.71. The van der Waals surface area contributed by atoms with E-state index in [1.54, 1.807) is 12.1 Å². The van der Waals surface area contributed by atoms with E-state index in [9.17, 15) is 4.79 Å². The van der Waals surface area contributed by atoms with Gasteiger partial charge in [0.2, 0.25) is 5.88 Å². The summed E-state index contributed by atoms with van der Waals surface area (Å²) >= 11 is 1.39. The van der Waals surface area contributed by atoms with E-state index in [1.807, 2.05) is 19.1 Å². The maximum atomic E-state index is 12.3. The Hall–Kier alpha value is -2.67. The molecule has 0 spiro atoms. The highest BCUT2D eigenvalue weighted by Gasteiger charge is 2.11. The number of benzene rings is 1. The Bertz CT molecular complexity index is 860. The van der Waals surface area contributed by atoms with Gasteiger partial charge in [-0.2, -0.15) is 0 Å². The molecule has 0 aliphatic rings. The molecule has 0 saturated carbocycles. The second kappa shape index (κ2) is 5.61. The number of pyridine rings is 1. The number of nitrogens with two attached hydrogens (primary N) is 1. The molecule has 22 heavy (non-hydrogen) atoms. The number of methoxy groups -OCH3 is 1. The fourth-order valence-electron chi connectivity index (χ4n) is 2.15. The normalized spacial score (nSPS) is 10.6. The Kier molecular flexibility index (Phi) is 3.64. The van der Waals surface area contributed by atoms with E-state index >= 15 is 0 Å². The molecule has 2 aromatic heterocycles. The summed E-state index contributed by atoms with van der Waals surface area (Å²) in [5.41, 5.74) is 8.75. The summed E-state index contributed by atoms with van der Waals surface area (Å²) in [6.45, 7) is 1.94. The van der Waals surface area contributed by atoms with Crippen molar-refractivity contribution in [3.05, 3.63) is 41.6 Å². The molecule has 1 amide bonds. The van der Waals surface area contributed by atoms with E-state index in [4.69, 9.17) is 10.5 Å². The summed E-state index contributed by atoms with van der Waals surface area (Å²) in [6.07, 6.45) is 1.53. The van der Waals surface area contributed by atoms with Crippen molar-refractivity contribution in [2.75, 3.05) is 18.2 Å². The molecule has 7 heteroatoms. The van der Waals surface area contributed by atoms with Gasteiger partial charge < -0.3 is 15.8 Å². The number of ether oxygens (including phenoxy) is 1. The highest BCUT2D eigenvalue weighted by atomic mass is 32.1. The number of aromatic nitrogens is 2. The third-order valence-electron chi connectivity index (χ3n) is 3.17. The quantitative estimate of drug-likeness (QED) is 0.776. The molecular formula is C15H14N4O2S. The number of carbonyl (C=O) groups excluding carboxylic acids is 1. The second-order valence-corrected chi connectivity index (χ2v) is 5.80. The summed E-state index contributed by atoms with van der Waals surface area (Å²) in [4.78, 5) is 20.6. The van der Waals surface area contributed by atoms with Gasteiger partial charge in [0.1, 0.15) is 0 Å². The van der Waals surface area contributed by atoms with E-state index < -0.39 is 0 Å². The summed E-state index contributed by atoms with van der Waals surface area (Å²) in [5, 5.41) is 3.38. The lowest BCUT2D eigenvalue weighted by Crippen LogP contribution is -2.12. The number of amides is 1. The first-order valence-electron chi connectivity index (χ1n) is 6.55. The minimum atomic E-state index is -0.225. The monoisotopic (exact) mass is 314 g/mol. The largest absolute Gasteiger partial charge is 0.481 e. The van der Waals surface area contributed by atoms with Crippen LogP contribution in [0.5, 0.6) is 5.88 Å². The minimum absolute atomic E-state index is 0.225. The molecule has 112 valence electrons. The number of nitrogen functional groups attached to an aromatic ring is 1. The number of hydrogen-bond acceptors (Lipinski definition) is 6. The van der Waals surface area contributed by atoms with Crippen LogP contribution >= 0.6 is 11.3 Å². The number of carbonyl (C=O) groups is 1. The average molecular weight is 314 g/mol. The Labute approximate surface area is 131 Å². The van der Waals surface area contributed by atoms with Crippen LogP contribution in [0.3, 0.4) is 0 Å². The first-order chi connectivity index (χ1) is 10.6. The highest BCUT2D eigenvalue weighted by molar-refractivity contribution is 7.22. The molecular weight excluding hydrogens is 300 g/mol. The van der Waals surface area contributed by atoms with Crippen LogP contribution < -0.4 is 15.8 Å². The predicted molar refractivity (Wildman–Crippen MR) is 87.5 cm³/mol. The van der Waals surface area contributed by atoms with E-state index in [0.29, 0.717) is 22.3 Å². The number of aryl methyl sites for hydroxylation is 1. The lowest BCUT2D eigenvalue weighted by molar-refractivity contribution is 0.102. The fraction of sp³-hybridized carbons (Fsp3) is 0.133. The van der Waals surface area contributed by atoms with Crippen molar-refractivity contribution in [1.82, 2.24) is 9.97 Å². The zero-order chi connectivity index (χ0) is 15.7. The molecule has 0 atom stereocenters. The molecule has 0 bridgehead atoms. The van der Waals surface area contributed by atoms with Gasteiger partial charge in [0.15, 0.2) is 5.13 Å². The Morgan fingerprint density at radius 1 is 1.36 bits per heavy atom. The van der Waals surface area contributed by atoms with Crippen LogP contribution in [-0.2, 0) is 0 Å². The van der Waals surface area contributed by atoms with Crippen molar-refractivity contribution in [2.45, 2.75) is 6.92 Å². The smallest absolute Gasteiger partial charge is 0.255 e. The van der Waals surface area contributed by atoms with Gasteiger partial charge in [-0.05, 0) is 30.7 Å². The molecule has 0 aliphatic carbocycles. The molecule has 3 aromatic rings. The van der Waals surface area contributed by atoms with Gasteiger partial charge in [0.25, 0.3) is 5.91 Å². The molecule has 3 N–H and O–H groups in total. The number of fused-ring (bicyclic) bond motifs is 1. The molecule has 6 nitrogen and oxygen atoms in total. The summed E-state index contributed by atoms with van der Waals surface area (Å²) in [7, 11) is 1.51. The van der Waals surface area contributed by atoms with Crippen LogP contribution in [0.2, 0.25) is 0 Å². The number of thiazole rings is 1. The molecule has 0 radical (unpaired) electrons. The summed E-state index contributed by atoms with van der Waals surface area (Å²) < 4.78 is 5.97. The van der Waals surface area contributed by atoms with Crippen LogP contribution in [0.4, 0.5) is 10.8 Å². The number of nitrogens with zero attached hydrogens (tertiary/aromatic N) is 2. The lowest BCUT2D eigenvalue weighted by atomic mass is 10.2. The maximum Gasteiger partial charge on any atom is 0.255 e. The molecule has 1 aromatic carbocycles. The van der Waals surface area contributed by atoms with Crippen molar-refractivity contribution in [1.29, 1.82) is 0 Å². The van der Waals surface area contributed by atoms with Crippen molar-refractivity contribution in [3.8, 4) is 5.88 Å². The van der Waals surface area contributed by atoms with Gasteiger partial charge in [-0.25, -0.2) is 9.97 Å². The zero-order valence-electron chi connectivity index (χ0n) is 12.1. The van der Waals surface area contributed by atoms with Gasteiger partial charge in [-0.1, -0.05) is 11.3 Å². The van der Waals surface area contributed by atoms with Gasteiger partial charge in [0.05, 0.1) is 17.3 Å². The van der Waals surface area contributed by atoms with Gasteiger partial charge in [-0.3, -0.25) is 4.79 Å². The molecule has 0 aliphatic heterocycles. The maximum absolute atomic E-state index is 12.3. The van der Waals surface area contributed by atoms with Crippen LogP contribution in [0.15, 0.2) is 30.5 Å². The molecule has 0 fully saturated rings. The van der Waals surface area contributed by atoms with Crippen LogP contribution in [0.1, 0.15) is 15.9 Å². The molecule has 0 saturated heterocycles. The number of rotatable bonds is 3. The van der Waals surface area contributed by atoms with E-state index in [0.717, 1.165) is 15.8 Å². The van der Waals surface area contributed by atoms with Gasteiger partial charge in [-0.15, -0.1) is 0 Å². The highest BCUT2D eigenvalue weighted by Crippen LogP contribution is 2.29. The fourth-order valence-corrected chi connectivity index (χ4v) is 3.00. The van der Waals surface area contributed by atoms with Crippen LogP contribution in [0.25, 0.3) is 10.2 Å². The summed E-state index contributed by atoms with van der Waals surface area (Å²) in [6, 6.07) is 6.96. The van der Waals surface area contributed by atoms with Crippen molar-refractivity contribution < 1.29 is 9.53 Å². The first-order valence-corrected chi connectivity index (χ1v) is 7.36. The Balaban J connectivity index is 1.90. The van der Waals surface area contributed by atoms with Crippen LogP contribution in [-0.4, -0.2) is 23.0 Å². The topological polar surface area (TPSA) is 90.1 Å². The zero-order valence-corrected chi connectivity index (χ0v) is 12.9. The van der Waals surface area contributed by atoms with Crippen molar-refractivity contribution in [2.24, 2.45) is 0 Å². The van der Waals surface area contributed by atoms with E-state index in [2.05, 4.69) is 15.3 Å². The number of hydrogen-bond donors (Lipinski definition) is 2. The predicted octanol–water partition coefficient (Wildman–Crippen LogP) is 2.84. The number of nitrogens with one attached hydrogen (secondary N) is 1. The molecule has 2 heterocycles. The summed E-state index contributed by atoms with van der Waals surface area (Å²) in [5.74, 6) is 0.173.